The lowest BCUT2D eigenvalue weighted by molar-refractivity contribution is 1.15. The van der Waals surface area contributed by atoms with Crippen LogP contribution in [0.2, 0.25) is 20.1 Å². The summed E-state index contributed by atoms with van der Waals surface area (Å²) in [5.74, 6) is 0. The molecule has 0 saturated carbocycles. The van der Waals surface area contributed by atoms with Gasteiger partial charge in [-0.1, -0.05) is 46.4 Å². The summed E-state index contributed by atoms with van der Waals surface area (Å²) in [6.45, 7) is 0.511. The third kappa shape index (κ3) is 3.71. The highest BCUT2D eigenvalue weighted by Crippen LogP contribution is 2.36. The quantitative estimate of drug-likeness (QED) is 0.568. The maximum Gasteiger partial charge on any atom is 0.0835 e. The van der Waals surface area contributed by atoms with E-state index in [0.29, 0.717) is 26.6 Å². The van der Waals surface area contributed by atoms with Crippen LogP contribution >= 0.6 is 62.3 Å². The monoisotopic (exact) mass is 397 g/mol. The third-order valence-corrected chi connectivity index (χ3v) is 4.89. The number of nitrogens with one attached hydrogen (secondary N) is 1. The number of benzene rings is 2. The maximum atomic E-state index is 6.15. The fourth-order valence-corrected chi connectivity index (χ4v) is 2.75. The molecule has 0 aliphatic carbocycles. The van der Waals surface area contributed by atoms with Gasteiger partial charge in [-0.2, -0.15) is 0 Å². The zero-order valence-corrected chi connectivity index (χ0v) is 14.1. The minimum atomic E-state index is 0.467. The summed E-state index contributed by atoms with van der Waals surface area (Å²) in [7, 11) is 0. The van der Waals surface area contributed by atoms with E-state index in [2.05, 4.69) is 21.2 Å². The number of rotatable bonds is 3. The summed E-state index contributed by atoms with van der Waals surface area (Å²) in [4.78, 5) is 0. The molecule has 0 spiro atoms. The second-order valence-electron chi connectivity index (χ2n) is 3.81. The Balaban J connectivity index is 2.19. The highest BCUT2D eigenvalue weighted by atomic mass is 79.9. The Bertz CT molecular complexity index is 616. The van der Waals surface area contributed by atoms with E-state index in [-0.39, 0.29) is 0 Å². The van der Waals surface area contributed by atoms with Gasteiger partial charge in [0, 0.05) is 21.1 Å². The first kappa shape index (κ1) is 15.3. The van der Waals surface area contributed by atoms with Crippen LogP contribution in [0.4, 0.5) is 5.69 Å². The minimum Gasteiger partial charge on any atom is -0.380 e. The third-order valence-electron chi connectivity index (χ3n) is 2.51. The van der Waals surface area contributed by atoms with E-state index in [1.807, 2.05) is 18.2 Å². The molecule has 1 N–H and O–H groups in total. The molecule has 100 valence electrons. The normalized spacial score (nSPS) is 10.6. The van der Waals surface area contributed by atoms with Gasteiger partial charge in [0.2, 0.25) is 0 Å². The molecule has 0 radical (unpaired) electrons. The molecule has 2 aromatic rings. The summed E-state index contributed by atoms with van der Waals surface area (Å²) in [6.07, 6.45) is 0. The van der Waals surface area contributed by atoms with Gasteiger partial charge in [-0.25, -0.2) is 0 Å². The first-order valence-corrected chi connectivity index (χ1v) is 7.61. The SMILES string of the molecule is Clc1ccc(Cl)c(CNc2ccc(Br)c(Cl)c2Cl)c1. The van der Waals surface area contributed by atoms with Gasteiger partial charge in [0.25, 0.3) is 0 Å². The van der Waals surface area contributed by atoms with Gasteiger partial charge in [-0.3, -0.25) is 0 Å². The zero-order valence-electron chi connectivity index (χ0n) is 9.48. The van der Waals surface area contributed by atoms with E-state index in [1.165, 1.54) is 0 Å². The van der Waals surface area contributed by atoms with Crippen LogP contribution in [0.5, 0.6) is 0 Å². The zero-order chi connectivity index (χ0) is 14.0. The molecule has 0 heterocycles. The number of halogens is 5. The molecule has 0 saturated heterocycles. The van der Waals surface area contributed by atoms with E-state index < -0.39 is 0 Å². The van der Waals surface area contributed by atoms with Crippen molar-refractivity contribution in [2.75, 3.05) is 5.32 Å². The first-order valence-electron chi connectivity index (χ1n) is 5.30. The predicted octanol–water partition coefficient (Wildman–Crippen LogP) is 6.67. The molecule has 0 amide bonds. The lowest BCUT2D eigenvalue weighted by atomic mass is 10.2. The Morgan fingerprint density at radius 3 is 2.42 bits per heavy atom. The Morgan fingerprint density at radius 1 is 0.947 bits per heavy atom. The van der Waals surface area contributed by atoms with Gasteiger partial charge >= 0.3 is 0 Å². The fourth-order valence-electron chi connectivity index (χ4n) is 1.53. The average molecular weight is 400 g/mol. The van der Waals surface area contributed by atoms with Gasteiger partial charge in [-0.15, -0.1) is 0 Å². The van der Waals surface area contributed by atoms with Crippen molar-refractivity contribution in [2.24, 2.45) is 0 Å². The molecule has 0 atom stereocenters. The van der Waals surface area contributed by atoms with Gasteiger partial charge < -0.3 is 5.32 Å². The lowest BCUT2D eigenvalue weighted by Crippen LogP contribution is -2.01. The smallest absolute Gasteiger partial charge is 0.0835 e. The van der Waals surface area contributed by atoms with Crippen molar-refractivity contribution in [3.8, 4) is 0 Å². The molecular weight excluding hydrogens is 392 g/mol. The molecule has 19 heavy (non-hydrogen) atoms. The minimum absolute atomic E-state index is 0.467. The Morgan fingerprint density at radius 2 is 1.68 bits per heavy atom. The molecule has 0 bridgehead atoms. The molecule has 0 aliphatic rings. The summed E-state index contributed by atoms with van der Waals surface area (Å²) >= 11 is 27.6. The number of anilines is 1. The molecule has 0 aliphatic heterocycles. The second-order valence-corrected chi connectivity index (χ2v) is 6.27. The Kier molecular flexibility index (Phi) is 5.27. The van der Waals surface area contributed by atoms with Gasteiger partial charge in [-0.05, 0) is 51.8 Å². The molecule has 1 nitrogen and oxygen atoms in total. The highest BCUT2D eigenvalue weighted by Gasteiger charge is 2.09. The van der Waals surface area contributed by atoms with Crippen LogP contribution < -0.4 is 5.32 Å². The Labute approximate surface area is 139 Å². The fraction of sp³-hybridized carbons (Fsp3) is 0.0769. The van der Waals surface area contributed by atoms with Crippen LogP contribution in [0.3, 0.4) is 0 Å². The van der Waals surface area contributed by atoms with Crippen molar-refractivity contribution >= 4 is 68.0 Å². The van der Waals surface area contributed by atoms with E-state index in [1.54, 1.807) is 12.1 Å². The summed E-state index contributed by atoms with van der Waals surface area (Å²) in [5.41, 5.74) is 1.63. The van der Waals surface area contributed by atoms with Gasteiger partial charge in [0.15, 0.2) is 0 Å². The van der Waals surface area contributed by atoms with E-state index in [9.17, 15) is 0 Å². The molecular formula is C13H8BrCl4N. The van der Waals surface area contributed by atoms with Crippen LogP contribution in [0.1, 0.15) is 5.56 Å². The van der Waals surface area contributed by atoms with E-state index in [0.717, 1.165) is 15.7 Å². The van der Waals surface area contributed by atoms with E-state index in [4.69, 9.17) is 46.4 Å². The number of hydrogen-bond donors (Lipinski definition) is 1. The highest BCUT2D eigenvalue weighted by molar-refractivity contribution is 9.10. The van der Waals surface area contributed by atoms with Crippen molar-refractivity contribution in [3.63, 3.8) is 0 Å². The van der Waals surface area contributed by atoms with Crippen LogP contribution in [-0.4, -0.2) is 0 Å². The molecule has 0 aromatic heterocycles. The van der Waals surface area contributed by atoms with Crippen LogP contribution in [-0.2, 0) is 6.54 Å². The Hall–Kier alpha value is -0.120. The molecule has 6 heteroatoms. The van der Waals surface area contributed by atoms with Gasteiger partial charge in [0.05, 0.1) is 15.7 Å². The molecule has 0 unspecified atom stereocenters. The molecule has 2 aromatic carbocycles. The average Bonchev–Trinajstić information content (AvgIpc) is 2.39. The molecule has 0 fully saturated rings. The molecule has 2 rings (SSSR count). The maximum absolute atomic E-state index is 6.15. The summed E-state index contributed by atoms with van der Waals surface area (Å²) in [6, 6.07) is 8.99. The standard InChI is InChI=1S/C13H8BrCl4N/c14-9-2-4-11(13(18)12(9)17)19-6-7-5-8(15)1-3-10(7)16/h1-5,19H,6H2. The van der Waals surface area contributed by atoms with Crippen LogP contribution in [0.25, 0.3) is 0 Å². The van der Waals surface area contributed by atoms with E-state index >= 15 is 0 Å². The van der Waals surface area contributed by atoms with Crippen molar-refractivity contribution in [1.82, 2.24) is 0 Å². The number of hydrogen-bond acceptors (Lipinski definition) is 1. The summed E-state index contributed by atoms with van der Waals surface area (Å²) in [5, 5.41) is 5.42. The second kappa shape index (κ2) is 6.55. The lowest BCUT2D eigenvalue weighted by Gasteiger charge is -2.11. The van der Waals surface area contributed by atoms with Crippen molar-refractivity contribution in [3.05, 3.63) is 60.5 Å². The van der Waals surface area contributed by atoms with Gasteiger partial charge in [0.1, 0.15) is 0 Å². The summed E-state index contributed by atoms with van der Waals surface area (Å²) < 4.78 is 0.755. The van der Waals surface area contributed by atoms with Crippen molar-refractivity contribution < 1.29 is 0 Å². The van der Waals surface area contributed by atoms with Crippen LogP contribution in [0.15, 0.2) is 34.8 Å². The largest absolute Gasteiger partial charge is 0.380 e. The van der Waals surface area contributed by atoms with Crippen molar-refractivity contribution in [2.45, 2.75) is 6.54 Å². The van der Waals surface area contributed by atoms with Crippen LogP contribution in [0, 0.1) is 0 Å². The van der Waals surface area contributed by atoms with Crippen molar-refractivity contribution in [1.29, 1.82) is 0 Å². The predicted molar refractivity (Wildman–Crippen MR) is 88.0 cm³/mol. The first-order chi connectivity index (χ1) is 8.99. The topological polar surface area (TPSA) is 12.0 Å².